The van der Waals surface area contributed by atoms with E-state index < -0.39 is 6.10 Å². The molecule has 1 heterocycles. The maximum atomic E-state index is 9.31. The normalized spacial score (nSPS) is 20.8. The van der Waals surface area contributed by atoms with Crippen LogP contribution in [0.2, 0.25) is 0 Å². The predicted molar refractivity (Wildman–Crippen MR) is 50.8 cm³/mol. The van der Waals surface area contributed by atoms with Gasteiger partial charge in [0.25, 0.3) is 0 Å². The second-order valence-electron chi connectivity index (χ2n) is 3.10. The number of hydrogen-bond acceptors (Lipinski definition) is 4. The Morgan fingerprint density at radius 3 is 3.23 bits per heavy atom. The Morgan fingerprint density at radius 2 is 2.38 bits per heavy atom. The smallest absolute Gasteiger partial charge is 0.142 e. The van der Waals surface area contributed by atoms with Crippen LogP contribution in [0.4, 0.5) is 11.4 Å². The van der Waals surface area contributed by atoms with E-state index in [-0.39, 0.29) is 0 Å². The standard InChI is InChI=1S/C9H12N2O2/c10-6-1-2-9-8(3-6)11-4-7(12)5-13-9/h1-3,7,11-12H,4-5,10H2. The van der Waals surface area contributed by atoms with Crippen molar-refractivity contribution >= 4 is 11.4 Å². The quantitative estimate of drug-likeness (QED) is 0.507. The van der Waals surface area contributed by atoms with Gasteiger partial charge in [-0.25, -0.2) is 0 Å². The molecule has 0 aromatic heterocycles. The Balaban J connectivity index is 2.30. The largest absolute Gasteiger partial charge is 0.489 e. The van der Waals surface area contributed by atoms with Gasteiger partial charge in [-0.1, -0.05) is 0 Å². The first kappa shape index (κ1) is 8.19. The van der Waals surface area contributed by atoms with Crippen LogP contribution in [0.5, 0.6) is 5.75 Å². The highest BCUT2D eigenvalue weighted by Crippen LogP contribution is 2.28. The molecule has 0 saturated carbocycles. The number of nitrogens with two attached hydrogens (primary N) is 1. The molecular weight excluding hydrogens is 168 g/mol. The molecule has 1 aliphatic rings. The molecular formula is C9H12N2O2. The number of rotatable bonds is 0. The molecule has 2 rings (SSSR count). The molecule has 1 aromatic rings. The van der Waals surface area contributed by atoms with Crippen LogP contribution in [0.1, 0.15) is 0 Å². The van der Waals surface area contributed by atoms with Crippen molar-refractivity contribution in [1.29, 1.82) is 0 Å². The van der Waals surface area contributed by atoms with E-state index in [4.69, 9.17) is 10.5 Å². The summed E-state index contributed by atoms with van der Waals surface area (Å²) < 4.78 is 5.35. The van der Waals surface area contributed by atoms with Crippen LogP contribution in [-0.4, -0.2) is 24.4 Å². The van der Waals surface area contributed by atoms with Crippen LogP contribution in [0, 0.1) is 0 Å². The third kappa shape index (κ3) is 1.67. The number of fused-ring (bicyclic) bond motifs is 1. The van der Waals surface area contributed by atoms with Crippen molar-refractivity contribution in [3.63, 3.8) is 0 Å². The summed E-state index contributed by atoms with van der Waals surface area (Å²) >= 11 is 0. The summed E-state index contributed by atoms with van der Waals surface area (Å²) in [6, 6.07) is 5.38. The Kier molecular flexibility index (Phi) is 1.98. The predicted octanol–water partition coefficient (Wildman–Crippen LogP) is 0.434. The van der Waals surface area contributed by atoms with E-state index in [0.29, 0.717) is 18.8 Å². The molecule has 0 radical (unpaired) electrons. The first-order valence-corrected chi connectivity index (χ1v) is 4.20. The number of anilines is 2. The first-order chi connectivity index (χ1) is 6.25. The number of nitrogen functional groups attached to an aromatic ring is 1. The van der Waals surface area contributed by atoms with Gasteiger partial charge in [0.15, 0.2) is 0 Å². The lowest BCUT2D eigenvalue weighted by atomic mass is 10.2. The van der Waals surface area contributed by atoms with Gasteiger partial charge < -0.3 is 20.9 Å². The highest BCUT2D eigenvalue weighted by Gasteiger charge is 2.13. The molecule has 0 spiro atoms. The molecule has 1 aliphatic heterocycles. The molecule has 70 valence electrons. The van der Waals surface area contributed by atoms with Crippen LogP contribution in [0.3, 0.4) is 0 Å². The Labute approximate surface area is 76.3 Å². The van der Waals surface area contributed by atoms with Crippen molar-refractivity contribution in [2.75, 3.05) is 24.2 Å². The Bertz CT molecular complexity index is 314. The lowest BCUT2D eigenvalue weighted by molar-refractivity contribution is 0.122. The van der Waals surface area contributed by atoms with Crippen LogP contribution >= 0.6 is 0 Å². The number of benzene rings is 1. The average molecular weight is 180 g/mol. The van der Waals surface area contributed by atoms with Gasteiger partial charge in [0, 0.05) is 12.2 Å². The molecule has 0 fully saturated rings. The molecule has 4 heteroatoms. The van der Waals surface area contributed by atoms with Crippen LogP contribution in [-0.2, 0) is 0 Å². The number of hydrogen-bond donors (Lipinski definition) is 3. The van der Waals surface area contributed by atoms with E-state index in [0.717, 1.165) is 11.4 Å². The van der Waals surface area contributed by atoms with Crippen LogP contribution in [0.15, 0.2) is 18.2 Å². The van der Waals surface area contributed by atoms with Crippen molar-refractivity contribution in [1.82, 2.24) is 0 Å². The fraction of sp³-hybridized carbons (Fsp3) is 0.333. The van der Waals surface area contributed by atoms with Gasteiger partial charge in [-0.2, -0.15) is 0 Å². The summed E-state index contributed by atoms with van der Waals surface area (Å²) in [7, 11) is 0. The zero-order chi connectivity index (χ0) is 9.26. The summed E-state index contributed by atoms with van der Waals surface area (Å²) in [6.07, 6.45) is -0.464. The number of aliphatic hydroxyl groups is 1. The maximum absolute atomic E-state index is 9.31. The lowest BCUT2D eigenvalue weighted by Gasteiger charge is -2.07. The van der Waals surface area contributed by atoms with Crippen molar-refractivity contribution in [3.8, 4) is 5.75 Å². The van der Waals surface area contributed by atoms with E-state index in [1.165, 1.54) is 0 Å². The monoisotopic (exact) mass is 180 g/mol. The number of aliphatic hydroxyl groups excluding tert-OH is 1. The van der Waals surface area contributed by atoms with Gasteiger partial charge in [-0.3, -0.25) is 0 Å². The van der Waals surface area contributed by atoms with Gasteiger partial charge in [-0.15, -0.1) is 0 Å². The minimum absolute atomic E-state index is 0.323. The maximum Gasteiger partial charge on any atom is 0.142 e. The minimum atomic E-state index is -0.464. The summed E-state index contributed by atoms with van der Waals surface area (Å²) in [6.45, 7) is 0.820. The van der Waals surface area contributed by atoms with Crippen LogP contribution < -0.4 is 15.8 Å². The van der Waals surface area contributed by atoms with E-state index in [2.05, 4.69) is 5.32 Å². The third-order valence-corrected chi connectivity index (χ3v) is 1.96. The molecule has 4 nitrogen and oxygen atoms in total. The second kappa shape index (κ2) is 3.14. The zero-order valence-corrected chi connectivity index (χ0v) is 7.16. The van der Waals surface area contributed by atoms with Gasteiger partial charge in [0.2, 0.25) is 0 Å². The van der Waals surface area contributed by atoms with Crippen molar-refractivity contribution in [2.45, 2.75) is 6.10 Å². The molecule has 0 saturated heterocycles. The van der Waals surface area contributed by atoms with E-state index in [1.807, 2.05) is 0 Å². The van der Waals surface area contributed by atoms with Gasteiger partial charge >= 0.3 is 0 Å². The van der Waals surface area contributed by atoms with Gasteiger partial charge in [-0.05, 0) is 18.2 Å². The number of β-amino-alcohol motifs (C(OH)–C–C–N with tert-alkyl or cyclic N) is 1. The van der Waals surface area contributed by atoms with E-state index >= 15 is 0 Å². The van der Waals surface area contributed by atoms with Gasteiger partial charge in [0.1, 0.15) is 18.5 Å². The summed E-state index contributed by atoms with van der Waals surface area (Å²) in [4.78, 5) is 0. The van der Waals surface area contributed by atoms with Crippen molar-refractivity contribution in [3.05, 3.63) is 18.2 Å². The number of ether oxygens (including phenoxy) is 1. The molecule has 1 atom stereocenters. The van der Waals surface area contributed by atoms with E-state index in [1.54, 1.807) is 18.2 Å². The fourth-order valence-electron chi connectivity index (χ4n) is 1.28. The third-order valence-electron chi connectivity index (χ3n) is 1.96. The average Bonchev–Trinajstić information content (AvgIpc) is 2.29. The molecule has 13 heavy (non-hydrogen) atoms. The molecule has 1 unspecified atom stereocenters. The summed E-state index contributed by atoms with van der Waals surface area (Å²) in [5.41, 5.74) is 7.14. The highest BCUT2D eigenvalue weighted by molar-refractivity contribution is 5.63. The topological polar surface area (TPSA) is 67.5 Å². The van der Waals surface area contributed by atoms with Crippen molar-refractivity contribution < 1.29 is 9.84 Å². The molecule has 0 amide bonds. The number of nitrogens with one attached hydrogen (secondary N) is 1. The van der Waals surface area contributed by atoms with E-state index in [9.17, 15) is 5.11 Å². The zero-order valence-electron chi connectivity index (χ0n) is 7.16. The first-order valence-electron chi connectivity index (χ1n) is 4.20. The minimum Gasteiger partial charge on any atom is -0.489 e. The van der Waals surface area contributed by atoms with Crippen LogP contribution in [0.25, 0.3) is 0 Å². The molecule has 0 bridgehead atoms. The highest BCUT2D eigenvalue weighted by atomic mass is 16.5. The SMILES string of the molecule is Nc1ccc2c(c1)NCC(O)CO2. The fourth-order valence-corrected chi connectivity index (χ4v) is 1.28. The Morgan fingerprint density at radius 1 is 1.54 bits per heavy atom. The molecule has 0 aliphatic carbocycles. The van der Waals surface area contributed by atoms with Crippen molar-refractivity contribution in [2.24, 2.45) is 0 Å². The molecule has 1 aromatic carbocycles. The molecule has 4 N–H and O–H groups in total. The lowest BCUT2D eigenvalue weighted by Crippen LogP contribution is -2.23. The van der Waals surface area contributed by atoms with Gasteiger partial charge in [0.05, 0.1) is 5.69 Å². The summed E-state index contributed by atoms with van der Waals surface area (Å²) in [5.74, 6) is 0.741. The summed E-state index contributed by atoms with van der Waals surface area (Å²) in [5, 5.41) is 12.4. The Hall–Kier alpha value is -1.42. The second-order valence-corrected chi connectivity index (χ2v) is 3.10.